The van der Waals surface area contributed by atoms with Crippen LogP contribution in [0.3, 0.4) is 0 Å². The van der Waals surface area contributed by atoms with Gasteiger partial charge < -0.3 is 10.6 Å². The molecule has 0 fully saturated rings. The van der Waals surface area contributed by atoms with Crippen molar-refractivity contribution in [3.05, 3.63) is 23.8 Å². The van der Waals surface area contributed by atoms with Crippen molar-refractivity contribution >= 4 is 17.4 Å². The average molecular weight is 236 g/mol. The Kier molecular flexibility index (Phi) is 3.77. The predicted octanol–water partition coefficient (Wildman–Crippen LogP) is 2.64. The van der Waals surface area contributed by atoms with Crippen molar-refractivity contribution < 1.29 is 0 Å². The zero-order chi connectivity index (χ0) is 11.5. The van der Waals surface area contributed by atoms with E-state index in [2.05, 4.69) is 36.9 Å². The lowest BCUT2D eigenvalue weighted by Crippen LogP contribution is -2.39. The van der Waals surface area contributed by atoms with Gasteiger partial charge in [0.05, 0.1) is 5.69 Å². The molecule has 1 unspecified atom stereocenters. The molecular weight excluding hydrogens is 216 g/mol. The van der Waals surface area contributed by atoms with Crippen molar-refractivity contribution in [3.63, 3.8) is 0 Å². The molecule has 1 atom stereocenters. The largest absolute Gasteiger partial charge is 0.367 e. The van der Waals surface area contributed by atoms with Gasteiger partial charge in [-0.25, -0.2) is 0 Å². The number of hydrogen-bond donors (Lipinski definition) is 1. The number of anilines is 1. The first-order valence-corrected chi connectivity index (χ1v) is 6.91. The Morgan fingerprint density at radius 1 is 1.50 bits per heavy atom. The average Bonchev–Trinajstić information content (AvgIpc) is 2.28. The SMILES string of the molecule is Cc1ccc2c(c1)N(CCCN)C(C)CS2. The summed E-state index contributed by atoms with van der Waals surface area (Å²) in [6.45, 7) is 6.31. The zero-order valence-electron chi connectivity index (χ0n) is 10.1. The van der Waals surface area contributed by atoms with Gasteiger partial charge in [0.15, 0.2) is 0 Å². The second-order valence-electron chi connectivity index (χ2n) is 4.47. The van der Waals surface area contributed by atoms with E-state index >= 15 is 0 Å². The Bertz CT molecular complexity index is 365. The normalized spacial score (nSPS) is 19.7. The minimum absolute atomic E-state index is 0.617. The van der Waals surface area contributed by atoms with Crippen molar-refractivity contribution in [3.8, 4) is 0 Å². The number of hydrogen-bond acceptors (Lipinski definition) is 3. The Hall–Kier alpha value is -0.670. The molecule has 1 aromatic rings. The molecule has 0 aliphatic carbocycles. The molecule has 2 N–H and O–H groups in total. The quantitative estimate of drug-likeness (QED) is 0.875. The van der Waals surface area contributed by atoms with Crippen LogP contribution in [0.2, 0.25) is 0 Å². The van der Waals surface area contributed by atoms with Gasteiger partial charge in [0.1, 0.15) is 0 Å². The summed E-state index contributed by atoms with van der Waals surface area (Å²) in [4.78, 5) is 3.92. The maximum absolute atomic E-state index is 5.61. The molecule has 1 heterocycles. The van der Waals surface area contributed by atoms with Gasteiger partial charge in [-0.1, -0.05) is 6.07 Å². The van der Waals surface area contributed by atoms with Gasteiger partial charge in [-0.2, -0.15) is 0 Å². The third-order valence-corrected chi connectivity index (χ3v) is 4.34. The van der Waals surface area contributed by atoms with Gasteiger partial charge in [0.2, 0.25) is 0 Å². The number of thioether (sulfide) groups is 1. The van der Waals surface area contributed by atoms with Crippen molar-refractivity contribution in [2.45, 2.75) is 31.2 Å². The molecule has 1 aliphatic heterocycles. The van der Waals surface area contributed by atoms with Crippen LogP contribution in [0.25, 0.3) is 0 Å². The minimum Gasteiger partial charge on any atom is -0.367 e. The fourth-order valence-electron chi connectivity index (χ4n) is 2.11. The van der Waals surface area contributed by atoms with Crippen LogP contribution in [0, 0.1) is 6.92 Å². The number of rotatable bonds is 3. The Morgan fingerprint density at radius 2 is 2.31 bits per heavy atom. The maximum Gasteiger partial charge on any atom is 0.0509 e. The van der Waals surface area contributed by atoms with E-state index in [0.29, 0.717) is 6.04 Å². The van der Waals surface area contributed by atoms with Crippen molar-refractivity contribution in [2.75, 3.05) is 23.7 Å². The van der Waals surface area contributed by atoms with Gasteiger partial charge >= 0.3 is 0 Å². The highest BCUT2D eigenvalue weighted by Gasteiger charge is 2.22. The van der Waals surface area contributed by atoms with Crippen LogP contribution in [0.15, 0.2) is 23.1 Å². The predicted molar refractivity (Wildman–Crippen MR) is 72.4 cm³/mol. The van der Waals surface area contributed by atoms with Crippen LogP contribution < -0.4 is 10.6 Å². The first-order chi connectivity index (χ1) is 7.72. The molecule has 2 nitrogen and oxygen atoms in total. The molecule has 2 rings (SSSR count). The molecule has 0 saturated carbocycles. The number of nitrogens with two attached hydrogens (primary N) is 1. The number of benzene rings is 1. The molecule has 16 heavy (non-hydrogen) atoms. The standard InChI is InChI=1S/C13H20N2S/c1-10-4-5-13-12(8-10)15(7-3-6-14)11(2)9-16-13/h4-5,8,11H,3,6-7,9,14H2,1-2H3. The van der Waals surface area contributed by atoms with E-state index in [0.717, 1.165) is 19.5 Å². The zero-order valence-corrected chi connectivity index (χ0v) is 10.9. The van der Waals surface area contributed by atoms with Gasteiger partial charge in [-0.3, -0.25) is 0 Å². The highest BCUT2D eigenvalue weighted by Crippen LogP contribution is 2.37. The molecule has 0 spiro atoms. The van der Waals surface area contributed by atoms with Crippen LogP contribution >= 0.6 is 11.8 Å². The van der Waals surface area contributed by atoms with E-state index in [9.17, 15) is 0 Å². The molecule has 1 aromatic carbocycles. The molecule has 1 aliphatic rings. The summed E-state index contributed by atoms with van der Waals surface area (Å²) in [5.74, 6) is 1.18. The Balaban J connectivity index is 2.27. The second-order valence-corrected chi connectivity index (χ2v) is 5.53. The summed E-state index contributed by atoms with van der Waals surface area (Å²) >= 11 is 1.97. The topological polar surface area (TPSA) is 29.3 Å². The van der Waals surface area contributed by atoms with E-state index in [1.54, 1.807) is 0 Å². The first kappa shape index (κ1) is 11.8. The van der Waals surface area contributed by atoms with Crippen LogP contribution in [-0.2, 0) is 0 Å². The van der Waals surface area contributed by atoms with Crippen LogP contribution in [0.5, 0.6) is 0 Å². The van der Waals surface area contributed by atoms with Gasteiger partial charge in [-0.05, 0) is 44.5 Å². The maximum atomic E-state index is 5.61. The molecule has 0 bridgehead atoms. The summed E-state index contributed by atoms with van der Waals surface area (Å²) in [6.07, 6.45) is 1.07. The van der Waals surface area contributed by atoms with Crippen molar-refractivity contribution in [1.82, 2.24) is 0 Å². The summed E-state index contributed by atoms with van der Waals surface area (Å²) in [6, 6.07) is 7.36. The third kappa shape index (κ3) is 2.36. The highest BCUT2D eigenvalue weighted by atomic mass is 32.2. The third-order valence-electron chi connectivity index (χ3n) is 3.04. The van der Waals surface area contributed by atoms with Gasteiger partial charge in [0, 0.05) is 23.2 Å². The molecule has 88 valence electrons. The van der Waals surface area contributed by atoms with Crippen molar-refractivity contribution in [1.29, 1.82) is 0 Å². The summed E-state index contributed by atoms with van der Waals surface area (Å²) in [5, 5.41) is 0. The van der Waals surface area contributed by atoms with E-state index in [4.69, 9.17) is 5.73 Å². The summed E-state index contributed by atoms with van der Waals surface area (Å²) in [7, 11) is 0. The lowest BCUT2D eigenvalue weighted by Gasteiger charge is -2.36. The van der Waals surface area contributed by atoms with Crippen LogP contribution in [0.4, 0.5) is 5.69 Å². The van der Waals surface area contributed by atoms with E-state index in [1.165, 1.54) is 21.9 Å². The smallest absolute Gasteiger partial charge is 0.0509 e. The summed E-state index contributed by atoms with van der Waals surface area (Å²) < 4.78 is 0. The fraction of sp³-hybridized carbons (Fsp3) is 0.538. The number of nitrogens with zero attached hydrogens (tertiary/aromatic N) is 1. The number of fused-ring (bicyclic) bond motifs is 1. The lowest BCUT2D eigenvalue weighted by molar-refractivity contribution is 0.651. The molecule has 0 amide bonds. The van der Waals surface area contributed by atoms with Crippen LogP contribution in [0.1, 0.15) is 18.9 Å². The molecule has 0 aromatic heterocycles. The first-order valence-electron chi connectivity index (χ1n) is 5.92. The lowest BCUT2D eigenvalue weighted by atomic mass is 10.1. The van der Waals surface area contributed by atoms with E-state index in [1.807, 2.05) is 11.8 Å². The minimum atomic E-state index is 0.617. The Labute approximate surface area is 102 Å². The monoisotopic (exact) mass is 236 g/mol. The van der Waals surface area contributed by atoms with Crippen molar-refractivity contribution in [2.24, 2.45) is 5.73 Å². The van der Waals surface area contributed by atoms with Gasteiger partial charge in [-0.15, -0.1) is 11.8 Å². The molecule has 0 radical (unpaired) electrons. The van der Waals surface area contributed by atoms with Crippen LogP contribution in [-0.4, -0.2) is 24.9 Å². The Morgan fingerprint density at radius 3 is 3.06 bits per heavy atom. The molecule has 3 heteroatoms. The highest BCUT2D eigenvalue weighted by molar-refractivity contribution is 7.99. The molecular formula is C13H20N2S. The van der Waals surface area contributed by atoms with E-state index in [-0.39, 0.29) is 0 Å². The molecule has 0 saturated heterocycles. The van der Waals surface area contributed by atoms with E-state index < -0.39 is 0 Å². The number of aryl methyl sites for hydroxylation is 1. The summed E-state index contributed by atoms with van der Waals surface area (Å²) in [5.41, 5.74) is 8.35. The second kappa shape index (κ2) is 5.11. The fourth-order valence-corrected chi connectivity index (χ4v) is 3.20. The van der Waals surface area contributed by atoms with Gasteiger partial charge in [0.25, 0.3) is 0 Å².